The van der Waals surface area contributed by atoms with Gasteiger partial charge in [0.15, 0.2) is 0 Å². The van der Waals surface area contributed by atoms with Crippen LogP contribution in [0.2, 0.25) is 0 Å². The second-order valence-corrected chi connectivity index (χ2v) is 6.69. The lowest BCUT2D eigenvalue weighted by atomic mass is 10.1. The van der Waals surface area contributed by atoms with Gasteiger partial charge in [-0.25, -0.2) is 13.1 Å². The number of hydrogen-bond donors (Lipinski definition) is 2. The van der Waals surface area contributed by atoms with Crippen LogP contribution in [0.5, 0.6) is 5.75 Å². The van der Waals surface area contributed by atoms with Crippen molar-refractivity contribution >= 4 is 10.0 Å². The van der Waals surface area contributed by atoms with Gasteiger partial charge in [-0.15, -0.1) is 0 Å². The molecule has 6 heteroatoms. The molecule has 0 radical (unpaired) electrons. The van der Waals surface area contributed by atoms with Gasteiger partial charge in [-0.3, -0.25) is 0 Å². The average Bonchev–Trinajstić information content (AvgIpc) is 3.22. The molecule has 0 unspecified atom stereocenters. The van der Waals surface area contributed by atoms with Crippen molar-refractivity contribution in [3.63, 3.8) is 0 Å². The molecule has 0 spiro atoms. The highest BCUT2D eigenvalue weighted by Gasteiger charge is 2.21. The average molecular weight is 298 g/mol. The van der Waals surface area contributed by atoms with E-state index < -0.39 is 10.0 Å². The van der Waals surface area contributed by atoms with E-state index in [0.29, 0.717) is 29.7 Å². The molecule has 2 rings (SSSR count). The van der Waals surface area contributed by atoms with E-state index in [1.807, 2.05) is 0 Å². The molecule has 112 valence electrons. The predicted molar refractivity (Wildman–Crippen MR) is 78.6 cm³/mol. The summed E-state index contributed by atoms with van der Waals surface area (Å²) < 4.78 is 32.1. The van der Waals surface area contributed by atoms with Crippen molar-refractivity contribution in [1.29, 1.82) is 0 Å². The first-order chi connectivity index (χ1) is 9.56. The molecular weight excluding hydrogens is 276 g/mol. The first-order valence-corrected chi connectivity index (χ1v) is 8.45. The number of benzene rings is 1. The highest BCUT2D eigenvalue weighted by Crippen LogP contribution is 2.23. The molecule has 5 nitrogen and oxygen atoms in total. The van der Waals surface area contributed by atoms with Crippen molar-refractivity contribution in [3.05, 3.63) is 23.8 Å². The molecule has 0 atom stereocenters. The third kappa shape index (κ3) is 3.94. The van der Waals surface area contributed by atoms with Crippen molar-refractivity contribution in [2.45, 2.75) is 37.1 Å². The Kier molecular flexibility index (Phi) is 5.01. The SMILES string of the molecule is CCNS(=O)(=O)c1ccc(OC)cc1CCNC1CC1. The van der Waals surface area contributed by atoms with Gasteiger partial charge in [-0.2, -0.15) is 0 Å². The number of sulfonamides is 1. The molecular formula is C14H22N2O3S. The third-order valence-corrected chi connectivity index (χ3v) is 4.94. The number of hydrogen-bond acceptors (Lipinski definition) is 4. The van der Waals surface area contributed by atoms with Crippen molar-refractivity contribution in [2.75, 3.05) is 20.2 Å². The van der Waals surface area contributed by atoms with E-state index in [-0.39, 0.29) is 0 Å². The molecule has 0 aromatic heterocycles. The van der Waals surface area contributed by atoms with Gasteiger partial charge in [-0.1, -0.05) is 6.92 Å². The largest absolute Gasteiger partial charge is 0.497 e. The highest BCUT2D eigenvalue weighted by atomic mass is 32.2. The fourth-order valence-electron chi connectivity index (χ4n) is 2.11. The Morgan fingerprint density at radius 3 is 2.70 bits per heavy atom. The highest BCUT2D eigenvalue weighted by molar-refractivity contribution is 7.89. The predicted octanol–water partition coefficient (Wildman–Crippen LogP) is 1.29. The Morgan fingerprint density at radius 2 is 2.10 bits per heavy atom. The summed E-state index contributed by atoms with van der Waals surface area (Å²) in [5.74, 6) is 0.682. The van der Waals surface area contributed by atoms with Gasteiger partial charge in [0.25, 0.3) is 0 Å². The minimum absolute atomic E-state index is 0.345. The maximum Gasteiger partial charge on any atom is 0.240 e. The molecule has 20 heavy (non-hydrogen) atoms. The Labute approximate surface area is 120 Å². The standard InChI is InChI=1S/C14H22N2O3S/c1-3-16-20(17,18)14-7-6-13(19-2)10-11(14)8-9-15-12-4-5-12/h6-7,10,12,15-16H,3-5,8-9H2,1-2H3. The lowest BCUT2D eigenvalue weighted by Crippen LogP contribution is -2.25. The summed E-state index contributed by atoms with van der Waals surface area (Å²) in [5, 5.41) is 3.40. The smallest absolute Gasteiger partial charge is 0.240 e. The van der Waals surface area contributed by atoms with Crippen LogP contribution in [0.25, 0.3) is 0 Å². The van der Waals surface area contributed by atoms with Gasteiger partial charge < -0.3 is 10.1 Å². The third-order valence-electron chi connectivity index (χ3n) is 3.30. The number of ether oxygens (including phenoxy) is 1. The van der Waals surface area contributed by atoms with Crippen molar-refractivity contribution in [1.82, 2.24) is 10.0 Å². The Morgan fingerprint density at radius 1 is 1.35 bits per heavy atom. The summed E-state index contributed by atoms with van der Waals surface area (Å²) in [7, 11) is -1.85. The lowest BCUT2D eigenvalue weighted by Gasteiger charge is -2.12. The summed E-state index contributed by atoms with van der Waals surface area (Å²) in [6.45, 7) is 2.94. The monoisotopic (exact) mass is 298 g/mol. The van der Waals surface area contributed by atoms with Crippen molar-refractivity contribution < 1.29 is 13.2 Å². The Balaban J connectivity index is 2.19. The normalized spacial score (nSPS) is 15.3. The topological polar surface area (TPSA) is 67.4 Å². The number of methoxy groups -OCH3 is 1. The van der Waals surface area contributed by atoms with E-state index in [9.17, 15) is 8.42 Å². The van der Waals surface area contributed by atoms with Crippen LogP contribution in [-0.2, 0) is 16.4 Å². The van der Waals surface area contributed by atoms with Crippen LogP contribution in [-0.4, -0.2) is 34.7 Å². The van der Waals surface area contributed by atoms with E-state index in [1.165, 1.54) is 12.8 Å². The molecule has 1 aliphatic carbocycles. The molecule has 1 aromatic carbocycles. The fraction of sp³-hybridized carbons (Fsp3) is 0.571. The zero-order chi connectivity index (χ0) is 14.6. The minimum atomic E-state index is -3.43. The maximum atomic E-state index is 12.2. The van der Waals surface area contributed by atoms with Crippen molar-refractivity contribution in [3.8, 4) is 5.75 Å². The van der Waals surface area contributed by atoms with E-state index in [2.05, 4.69) is 10.0 Å². The molecule has 0 bridgehead atoms. The van der Waals surface area contributed by atoms with Crippen LogP contribution in [0.4, 0.5) is 0 Å². The molecule has 1 fully saturated rings. The van der Waals surface area contributed by atoms with Gasteiger partial charge in [0.2, 0.25) is 10.0 Å². The molecule has 0 amide bonds. The Bertz CT molecular complexity index is 554. The van der Waals surface area contributed by atoms with Crippen LogP contribution in [0.3, 0.4) is 0 Å². The molecule has 0 saturated heterocycles. The molecule has 2 N–H and O–H groups in total. The second-order valence-electron chi connectivity index (χ2n) is 4.95. The van der Waals surface area contributed by atoms with Gasteiger partial charge in [-0.05, 0) is 49.6 Å². The zero-order valence-corrected chi connectivity index (χ0v) is 12.8. The summed E-state index contributed by atoms with van der Waals surface area (Å²) in [6.07, 6.45) is 3.12. The summed E-state index contributed by atoms with van der Waals surface area (Å²) >= 11 is 0. The fourth-order valence-corrected chi connectivity index (χ4v) is 3.40. The minimum Gasteiger partial charge on any atom is -0.497 e. The number of nitrogens with one attached hydrogen (secondary N) is 2. The van der Waals surface area contributed by atoms with Crippen LogP contribution < -0.4 is 14.8 Å². The van der Waals surface area contributed by atoms with Gasteiger partial charge in [0.1, 0.15) is 5.75 Å². The van der Waals surface area contributed by atoms with E-state index in [4.69, 9.17) is 4.74 Å². The molecule has 0 aliphatic heterocycles. The van der Waals surface area contributed by atoms with Crippen LogP contribution in [0.15, 0.2) is 23.1 Å². The summed E-state index contributed by atoms with van der Waals surface area (Å²) in [6, 6.07) is 5.72. The Hall–Kier alpha value is -1.11. The van der Waals surface area contributed by atoms with Gasteiger partial charge >= 0.3 is 0 Å². The molecule has 1 aromatic rings. The number of rotatable bonds is 8. The lowest BCUT2D eigenvalue weighted by molar-refractivity contribution is 0.413. The quantitative estimate of drug-likeness (QED) is 0.759. The summed E-state index contributed by atoms with van der Waals surface area (Å²) in [5.41, 5.74) is 0.790. The van der Waals surface area contributed by atoms with E-state index in [0.717, 1.165) is 12.1 Å². The van der Waals surface area contributed by atoms with Gasteiger partial charge in [0.05, 0.1) is 12.0 Å². The maximum absolute atomic E-state index is 12.2. The van der Waals surface area contributed by atoms with E-state index in [1.54, 1.807) is 32.2 Å². The second kappa shape index (κ2) is 6.56. The summed E-state index contributed by atoms with van der Waals surface area (Å²) in [4.78, 5) is 0.345. The first-order valence-electron chi connectivity index (χ1n) is 6.96. The molecule has 1 aliphatic rings. The first kappa shape index (κ1) is 15.3. The van der Waals surface area contributed by atoms with Crippen LogP contribution in [0, 0.1) is 0 Å². The van der Waals surface area contributed by atoms with E-state index >= 15 is 0 Å². The van der Waals surface area contributed by atoms with Crippen LogP contribution >= 0.6 is 0 Å². The zero-order valence-electron chi connectivity index (χ0n) is 12.0. The van der Waals surface area contributed by atoms with Crippen LogP contribution in [0.1, 0.15) is 25.3 Å². The molecule has 0 heterocycles. The van der Waals surface area contributed by atoms with Gasteiger partial charge in [0, 0.05) is 12.6 Å². The molecule has 1 saturated carbocycles. The van der Waals surface area contributed by atoms with Crippen molar-refractivity contribution in [2.24, 2.45) is 0 Å².